The quantitative estimate of drug-likeness (QED) is 0.648. The van der Waals surface area contributed by atoms with Gasteiger partial charge in [0, 0.05) is 17.2 Å². The zero-order valence-electron chi connectivity index (χ0n) is 13.1. The number of non-ortho nitro benzene ring substituents is 1. The highest BCUT2D eigenvalue weighted by Gasteiger charge is 2.36. The molecule has 0 radical (unpaired) electrons. The summed E-state index contributed by atoms with van der Waals surface area (Å²) >= 11 is 5.96. The Balaban J connectivity index is 1.98. The minimum Gasteiger partial charge on any atom is -0.272 e. The van der Waals surface area contributed by atoms with E-state index in [1.807, 2.05) is 0 Å². The van der Waals surface area contributed by atoms with Crippen molar-refractivity contribution in [1.29, 1.82) is 0 Å². The molecule has 2 aromatic rings. The molecule has 26 heavy (non-hydrogen) atoms. The molecule has 128 valence electrons. The maximum absolute atomic E-state index is 12.3. The Bertz CT molecular complexity index is 1040. The maximum atomic E-state index is 12.3. The highest BCUT2D eigenvalue weighted by molar-refractivity contribution is 6.35. The number of fused-ring (bicyclic) bond motifs is 2. The van der Waals surface area contributed by atoms with Gasteiger partial charge < -0.3 is 0 Å². The molecule has 1 aliphatic carbocycles. The van der Waals surface area contributed by atoms with Crippen molar-refractivity contribution in [2.75, 3.05) is 0 Å². The van der Waals surface area contributed by atoms with Gasteiger partial charge in [-0.3, -0.25) is 20.2 Å². The van der Waals surface area contributed by atoms with Gasteiger partial charge in [0.05, 0.1) is 22.1 Å². The van der Waals surface area contributed by atoms with Crippen molar-refractivity contribution in [3.8, 4) is 0 Å². The van der Waals surface area contributed by atoms with Gasteiger partial charge in [-0.2, -0.15) is 4.99 Å². The van der Waals surface area contributed by atoms with Gasteiger partial charge in [-0.15, -0.1) is 0 Å². The van der Waals surface area contributed by atoms with Crippen LogP contribution in [0.15, 0.2) is 53.0 Å². The zero-order valence-corrected chi connectivity index (χ0v) is 13.9. The first-order valence-electron chi connectivity index (χ1n) is 7.64. The maximum Gasteiger partial charge on any atom is 0.348 e. The van der Waals surface area contributed by atoms with E-state index in [0.717, 1.165) is 11.1 Å². The number of hydrogen-bond acceptors (Lipinski definition) is 4. The first-order valence-corrected chi connectivity index (χ1v) is 8.01. The summed E-state index contributed by atoms with van der Waals surface area (Å²) in [4.78, 5) is 38.6. The van der Waals surface area contributed by atoms with Gasteiger partial charge in [0.25, 0.3) is 11.6 Å². The minimum atomic E-state index is -0.730. The number of carbonyl (C=O) groups is 2. The van der Waals surface area contributed by atoms with Crippen LogP contribution in [-0.4, -0.2) is 22.6 Å². The second-order valence-electron chi connectivity index (χ2n) is 5.87. The molecule has 8 heteroatoms. The number of benzene rings is 2. The minimum absolute atomic E-state index is 0.0804. The number of nitro groups is 1. The third-order valence-electron chi connectivity index (χ3n) is 4.33. The second-order valence-corrected chi connectivity index (χ2v) is 6.31. The molecule has 1 N–H and O–H groups in total. The molecule has 1 aliphatic heterocycles. The molecule has 0 bridgehead atoms. The highest BCUT2D eigenvalue weighted by Crippen LogP contribution is 2.39. The van der Waals surface area contributed by atoms with E-state index in [1.54, 1.807) is 30.3 Å². The predicted octanol–water partition coefficient (Wildman–Crippen LogP) is 3.47. The van der Waals surface area contributed by atoms with Gasteiger partial charge in [-0.1, -0.05) is 29.8 Å². The average molecular weight is 368 g/mol. The number of carbonyl (C=O) groups excluding carboxylic acids is 2. The number of imide groups is 1. The Morgan fingerprint density at radius 2 is 1.85 bits per heavy atom. The molecule has 2 aliphatic rings. The van der Waals surface area contributed by atoms with E-state index < -0.39 is 22.8 Å². The zero-order chi connectivity index (χ0) is 18.4. The number of aliphatic imine (C=N–C) groups is 1. The number of halogens is 1. The SMILES string of the molecule is O=C1N=C2C(=Cc3cc([N+](=O)[O-])ccc3C2c2ccc(Cl)cc2)C(=O)N1. The van der Waals surface area contributed by atoms with Crippen molar-refractivity contribution in [2.24, 2.45) is 4.99 Å². The Morgan fingerprint density at radius 3 is 2.54 bits per heavy atom. The van der Waals surface area contributed by atoms with E-state index in [-0.39, 0.29) is 11.3 Å². The van der Waals surface area contributed by atoms with Crippen molar-refractivity contribution in [1.82, 2.24) is 5.32 Å². The lowest BCUT2D eigenvalue weighted by atomic mass is 9.76. The van der Waals surface area contributed by atoms with Crippen molar-refractivity contribution in [3.05, 3.63) is 79.9 Å². The molecule has 0 saturated carbocycles. The van der Waals surface area contributed by atoms with Crippen LogP contribution in [0.5, 0.6) is 0 Å². The van der Waals surface area contributed by atoms with Crippen LogP contribution in [0.3, 0.4) is 0 Å². The Hall–Kier alpha value is -3.32. The molecule has 0 saturated heterocycles. The second kappa shape index (κ2) is 5.89. The number of rotatable bonds is 2. The number of nitrogens with zero attached hydrogens (tertiary/aromatic N) is 2. The monoisotopic (exact) mass is 367 g/mol. The Morgan fingerprint density at radius 1 is 1.12 bits per heavy atom. The van der Waals surface area contributed by atoms with E-state index in [0.29, 0.717) is 16.3 Å². The number of nitro benzene ring substituents is 1. The van der Waals surface area contributed by atoms with Crippen LogP contribution in [0.4, 0.5) is 10.5 Å². The molecular weight excluding hydrogens is 358 g/mol. The third-order valence-corrected chi connectivity index (χ3v) is 4.58. The molecule has 0 spiro atoms. The van der Waals surface area contributed by atoms with E-state index in [9.17, 15) is 19.7 Å². The summed E-state index contributed by atoms with van der Waals surface area (Å²) in [5.41, 5.74) is 2.50. The van der Waals surface area contributed by atoms with Crippen LogP contribution in [0.2, 0.25) is 5.02 Å². The van der Waals surface area contributed by atoms with Crippen LogP contribution in [0, 0.1) is 10.1 Å². The fraction of sp³-hybridized carbons (Fsp3) is 0.0556. The summed E-state index contributed by atoms with van der Waals surface area (Å²) in [6.45, 7) is 0. The Labute approximate surface area is 152 Å². The molecule has 0 aromatic heterocycles. The summed E-state index contributed by atoms with van der Waals surface area (Å²) in [5.74, 6) is -1.07. The lowest BCUT2D eigenvalue weighted by molar-refractivity contribution is -0.384. The average Bonchev–Trinajstić information content (AvgIpc) is 2.60. The van der Waals surface area contributed by atoms with Crippen LogP contribution < -0.4 is 5.32 Å². The van der Waals surface area contributed by atoms with E-state index >= 15 is 0 Å². The predicted molar refractivity (Wildman–Crippen MR) is 95.3 cm³/mol. The number of nitrogens with one attached hydrogen (secondary N) is 1. The lowest BCUT2D eigenvalue weighted by Crippen LogP contribution is -2.40. The van der Waals surface area contributed by atoms with Crippen molar-refractivity contribution < 1.29 is 14.5 Å². The van der Waals surface area contributed by atoms with Gasteiger partial charge in [0.15, 0.2) is 0 Å². The van der Waals surface area contributed by atoms with Gasteiger partial charge in [-0.25, -0.2) is 4.79 Å². The third kappa shape index (κ3) is 2.58. The standard InChI is InChI=1S/C18H10ClN3O4/c19-11-3-1-9(2-4-11)15-13-6-5-12(22(25)26)7-10(13)8-14-16(15)20-18(24)21-17(14)23/h1-8,15H,(H,21,23,24). The topological polar surface area (TPSA) is 102 Å². The molecule has 2 aromatic carbocycles. The van der Waals surface area contributed by atoms with Crippen molar-refractivity contribution in [3.63, 3.8) is 0 Å². The highest BCUT2D eigenvalue weighted by atomic mass is 35.5. The summed E-state index contributed by atoms with van der Waals surface area (Å²) < 4.78 is 0. The van der Waals surface area contributed by atoms with Crippen molar-refractivity contribution in [2.45, 2.75) is 5.92 Å². The fourth-order valence-electron chi connectivity index (χ4n) is 3.20. The first kappa shape index (κ1) is 16.2. The summed E-state index contributed by atoms with van der Waals surface area (Å²) in [6, 6.07) is 10.7. The summed E-state index contributed by atoms with van der Waals surface area (Å²) in [7, 11) is 0. The van der Waals surface area contributed by atoms with Gasteiger partial charge in [0.1, 0.15) is 0 Å². The molecular formula is C18H10ClN3O4. The largest absolute Gasteiger partial charge is 0.348 e. The Kier molecular flexibility index (Phi) is 3.66. The smallest absolute Gasteiger partial charge is 0.272 e. The molecule has 3 amide bonds. The van der Waals surface area contributed by atoms with Crippen LogP contribution in [0.1, 0.15) is 22.6 Å². The van der Waals surface area contributed by atoms with Crippen LogP contribution >= 0.6 is 11.6 Å². The van der Waals surface area contributed by atoms with Crippen molar-refractivity contribution >= 4 is 41.0 Å². The normalized spacial score (nSPS) is 18.3. The van der Waals surface area contributed by atoms with Gasteiger partial charge in [-0.05, 0) is 34.9 Å². The van der Waals surface area contributed by atoms with Crippen LogP contribution in [0.25, 0.3) is 6.08 Å². The van der Waals surface area contributed by atoms with Gasteiger partial charge >= 0.3 is 6.03 Å². The molecule has 1 atom stereocenters. The molecule has 7 nitrogen and oxygen atoms in total. The molecule has 4 rings (SSSR count). The lowest BCUT2D eigenvalue weighted by Gasteiger charge is -2.29. The van der Waals surface area contributed by atoms with E-state index in [1.165, 1.54) is 18.2 Å². The first-order chi connectivity index (χ1) is 12.4. The summed E-state index contributed by atoms with van der Waals surface area (Å²) in [5, 5.41) is 13.8. The van der Waals surface area contributed by atoms with Gasteiger partial charge in [0.2, 0.25) is 0 Å². The van der Waals surface area contributed by atoms with E-state index in [4.69, 9.17) is 11.6 Å². The number of urea groups is 1. The number of hydrogen-bond donors (Lipinski definition) is 1. The number of amides is 3. The van der Waals surface area contributed by atoms with E-state index in [2.05, 4.69) is 10.3 Å². The molecule has 1 unspecified atom stereocenters. The molecule has 0 fully saturated rings. The van der Waals surface area contributed by atoms with Crippen LogP contribution in [-0.2, 0) is 4.79 Å². The molecule has 1 heterocycles. The summed E-state index contributed by atoms with van der Waals surface area (Å²) in [6.07, 6.45) is 1.52. The fourth-order valence-corrected chi connectivity index (χ4v) is 3.32.